The highest BCUT2D eigenvalue weighted by atomic mass is 35.5. The molecule has 2 bridgehead atoms. The van der Waals surface area contributed by atoms with Crippen molar-refractivity contribution in [3.05, 3.63) is 46.0 Å². The molecule has 4 aliphatic rings. The molecular formula is C23H27ClF2N2O2. The largest absolute Gasteiger partial charge is 0.354 e. The quantitative estimate of drug-likeness (QED) is 0.505. The number of halogens is 3. The molecule has 0 aliphatic heterocycles. The number of rotatable bonds is 5. The zero-order valence-corrected chi connectivity index (χ0v) is 17.8. The van der Waals surface area contributed by atoms with E-state index in [-0.39, 0.29) is 34.4 Å². The maximum atomic E-state index is 15.0. The van der Waals surface area contributed by atoms with Gasteiger partial charge < -0.3 is 10.6 Å². The molecule has 0 aromatic heterocycles. The fraction of sp³-hybridized carbons (Fsp3) is 0.565. The lowest BCUT2D eigenvalue weighted by atomic mass is 9.60. The Balaban J connectivity index is 1.63. The third kappa shape index (κ3) is 3.98. The van der Waals surface area contributed by atoms with Gasteiger partial charge in [-0.25, -0.2) is 8.78 Å². The van der Waals surface area contributed by atoms with Gasteiger partial charge >= 0.3 is 0 Å². The molecule has 0 saturated heterocycles. The number of allylic oxidation sites excluding steroid dienone is 2. The zero-order chi connectivity index (χ0) is 21.5. The molecule has 1 unspecified atom stereocenters. The molecule has 3 atom stereocenters. The average Bonchev–Trinajstić information content (AvgIpc) is 3.19. The summed E-state index contributed by atoms with van der Waals surface area (Å²) in [6.07, 6.45) is 8.11. The van der Waals surface area contributed by atoms with Crippen LogP contribution >= 0.6 is 11.6 Å². The molecule has 2 amide bonds. The number of amides is 2. The number of carbonyl (C=O) groups is 2. The summed E-state index contributed by atoms with van der Waals surface area (Å²) in [6, 6.07) is 1.57. The maximum Gasteiger partial charge on any atom is 0.223 e. The Kier molecular flexibility index (Phi) is 5.88. The van der Waals surface area contributed by atoms with Gasteiger partial charge in [0.1, 0.15) is 11.6 Å². The lowest BCUT2D eigenvalue weighted by Gasteiger charge is -2.48. The van der Waals surface area contributed by atoms with Gasteiger partial charge in [-0.1, -0.05) is 23.3 Å². The molecule has 0 heterocycles. The number of fused-ring (bicyclic) bond motifs is 3. The SMILES string of the molecule is CC(=O)NC1CC[C@@H](C(=O)N[C@H](c2c(F)ccc(Cl)c2F)C23CC=C(CC2)CC3)C1. The Bertz CT molecular complexity index is 891. The van der Waals surface area contributed by atoms with Gasteiger partial charge in [0, 0.05) is 24.4 Å². The van der Waals surface area contributed by atoms with Crippen LogP contribution in [0.3, 0.4) is 0 Å². The molecule has 5 rings (SSSR count). The van der Waals surface area contributed by atoms with E-state index in [1.165, 1.54) is 24.6 Å². The standard InChI is InChI=1S/C23H27ClF2N2O2/c1-13(29)27-16-3-2-15(12-16)22(30)28-21(19-18(25)5-4-17(24)20(19)26)23-9-6-14(7-10-23)8-11-23/h4-6,15-16,21H,2-3,7-12H2,1H3,(H,27,29)(H,28,30)/t15-,16?,21-/m1/s1. The van der Waals surface area contributed by atoms with Crippen molar-refractivity contribution in [2.75, 3.05) is 0 Å². The molecule has 162 valence electrons. The Morgan fingerprint density at radius 3 is 2.57 bits per heavy atom. The predicted molar refractivity (Wildman–Crippen MR) is 111 cm³/mol. The molecule has 7 heteroatoms. The fourth-order valence-corrected chi connectivity index (χ4v) is 5.63. The molecule has 1 aromatic rings. The maximum absolute atomic E-state index is 15.0. The second kappa shape index (κ2) is 8.29. The normalized spacial score (nSPS) is 25.5. The van der Waals surface area contributed by atoms with Gasteiger partial charge in [0.2, 0.25) is 11.8 Å². The van der Waals surface area contributed by atoms with Gasteiger partial charge in [-0.2, -0.15) is 0 Å². The minimum atomic E-state index is -0.792. The second-order valence-corrected chi connectivity index (χ2v) is 9.44. The summed E-state index contributed by atoms with van der Waals surface area (Å²) < 4.78 is 29.9. The van der Waals surface area contributed by atoms with Crippen molar-refractivity contribution in [1.29, 1.82) is 0 Å². The van der Waals surface area contributed by atoms with Crippen LogP contribution < -0.4 is 10.6 Å². The molecule has 4 aliphatic carbocycles. The van der Waals surface area contributed by atoms with Gasteiger partial charge in [0.25, 0.3) is 0 Å². The first kappa shape index (κ1) is 21.3. The molecule has 30 heavy (non-hydrogen) atoms. The van der Waals surface area contributed by atoms with E-state index in [1.807, 2.05) is 0 Å². The minimum Gasteiger partial charge on any atom is -0.354 e. The smallest absolute Gasteiger partial charge is 0.223 e. The highest BCUT2D eigenvalue weighted by Gasteiger charge is 2.47. The number of hydrogen-bond donors (Lipinski definition) is 2. The molecule has 2 N–H and O–H groups in total. The van der Waals surface area contributed by atoms with E-state index in [1.54, 1.807) is 0 Å². The Labute approximate surface area is 180 Å². The van der Waals surface area contributed by atoms with E-state index in [0.29, 0.717) is 19.3 Å². The summed E-state index contributed by atoms with van der Waals surface area (Å²) in [5, 5.41) is 5.74. The molecular weight excluding hydrogens is 410 g/mol. The van der Waals surface area contributed by atoms with Crippen LogP contribution in [0.25, 0.3) is 0 Å². The van der Waals surface area contributed by atoms with E-state index in [9.17, 15) is 14.0 Å². The summed E-state index contributed by atoms with van der Waals surface area (Å²) in [7, 11) is 0. The molecule has 4 nitrogen and oxygen atoms in total. The third-order valence-corrected chi connectivity index (χ3v) is 7.46. The molecule has 1 aromatic carbocycles. The monoisotopic (exact) mass is 436 g/mol. The second-order valence-electron chi connectivity index (χ2n) is 9.03. The summed E-state index contributed by atoms with van der Waals surface area (Å²) in [5.74, 6) is -2.09. The van der Waals surface area contributed by atoms with Crippen LogP contribution in [0.2, 0.25) is 5.02 Å². The van der Waals surface area contributed by atoms with Crippen molar-refractivity contribution in [2.45, 2.75) is 70.4 Å². The van der Waals surface area contributed by atoms with Gasteiger partial charge in [-0.05, 0) is 68.9 Å². The van der Waals surface area contributed by atoms with Crippen LogP contribution in [-0.2, 0) is 9.59 Å². The number of nitrogens with one attached hydrogen (secondary N) is 2. The number of benzene rings is 1. The van der Waals surface area contributed by atoms with E-state index >= 15 is 4.39 Å². The first-order chi connectivity index (χ1) is 14.3. The van der Waals surface area contributed by atoms with Crippen LogP contribution in [0.15, 0.2) is 23.8 Å². The number of hydrogen-bond acceptors (Lipinski definition) is 2. The van der Waals surface area contributed by atoms with Crippen molar-refractivity contribution >= 4 is 23.4 Å². The first-order valence-corrected chi connectivity index (χ1v) is 11.1. The molecule has 0 spiro atoms. The summed E-state index contributed by atoms with van der Waals surface area (Å²) in [5.41, 5.74) is 0.841. The van der Waals surface area contributed by atoms with E-state index < -0.39 is 23.1 Å². The highest BCUT2D eigenvalue weighted by molar-refractivity contribution is 6.30. The van der Waals surface area contributed by atoms with E-state index in [4.69, 9.17) is 11.6 Å². The van der Waals surface area contributed by atoms with Crippen molar-refractivity contribution in [2.24, 2.45) is 11.3 Å². The first-order valence-electron chi connectivity index (χ1n) is 10.7. The molecule has 0 radical (unpaired) electrons. The van der Waals surface area contributed by atoms with Crippen LogP contribution in [-0.4, -0.2) is 17.9 Å². The Morgan fingerprint density at radius 2 is 1.93 bits per heavy atom. The lowest BCUT2D eigenvalue weighted by Crippen LogP contribution is -2.46. The molecule has 2 saturated carbocycles. The van der Waals surface area contributed by atoms with Crippen molar-refractivity contribution in [3.63, 3.8) is 0 Å². The average molecular weight is 437 g/mol. The van der Waals surface area contributed by atoms with Crippen LogP contribution in [0, 0.1) is 23.0 Å². The van der Waals surface area contributed by atoms with Crippen molar-refractivity contribution < 1.29 is 18.4 Å². The summed E-state index contributed by atoms with van der Waals surface area (Å²) >= 11 is 5.99. The van der Waals surface area contributed by atoms with Gasteiger partial charge in [-0.3, -0.25) is 9.59 Å². The van der Waals surface area contributed by atoms with E-state index in [0.717, 1.165) is 32.1 Å². The van der Waals surface area contributed by atoms with Gasteiger partial charge in [0.05, 0.1) is 11.1 Å². The number of carbonyl (C=O) groups excluding carboxylic acids is 2. The summed E-state index contributed by atoms with van der Waals surface area (Å²) in [4.78, 5) is 24.5. The van der Waals surface area contributed by atoms with E-state index in [2.05, 4.69) is 16.7 Å². The van der Waals surface area contributed by atoms with Crippen LogP contribution in [0.5, 0.6) is 0 Å². The van der Waals surface area contributed by atoms with Gasteiger partial charge in [-0.15, -0.1) is 0 Å². The van der Waals surface area contributed by atoms with Crippen molar-refractivity contribution in [3.8, 4) is 0 Å². The molecule has 2 fully saturated rings. The summed E-state index contributed by atoms with van der Waals surface area (Å²) in [6.45, 7) is 1.46. The van der Waals surface area contributed by atoms with Crippen LogP contribution in [0.4, 0.5) is 8.78 Å². The predicted octanol–water partition coefficient (Wildman–Crippen LogP) is 4.97. The minimum absolute atomic E-state index is 0.0376. The lowest BCUT2D eigenvalue weighted by molar-refractivity contribution is -0.127. The Morgan fingerprint density at radius 1 is 1.20 bits per heavy atom. The van der Waals surface area contributed by atoms with Crippen molar-refractivity contribution in [1.82, 2.24) is 10.6 Å². The highest BCUT2D eigenvalue weighted by Crippen LogP contribution is 2.55. The Hall–Kier alpha value is -1.95. The zero-order valence-electron chi connectivity index (χ0n) is 17.1. The van der Waals surface area contributed by atoms with Crippen LogP contribution in [0.1, 0.15) is 69.9 Å². The van der Waals surface area contributed by atoms with Gasteiger partial charge in [0.15, 0.2) is 0 Å². The third-order valence-electron chi connectivity index (χ3n) is 7.16. The fourth-order valence-electron chi connectivity index (χ4n) is 5.47. The topological polar surface area (TPSA) is 58.2 Å².